The van der Waals surface area contributed by atoms with Gasteiger partial charge in [0.1, 0.15) is 5.75 Å². The molecular formula is C23H30N2O3. The van der Waals surface area contributed by atoms with E-state index >= 15 is 0 Å². The normalized spacial score (nSPS) is 33.9. The Balaban J connectivity index is 1.18. The summed E-state index contributed by atoms with van der Waals surface area (Å²) in [5, 5.41) is 9.60. The zero-order valence-electron chi connectivity index (χ0n) is 16.5. The average molecular weight is 383 g/mol. The van der Waals surface area contributed by atoms with Gasteiger partial charge in [-0.3, -0.25) is 9.59 Å². The Morgan fingerprint density at radius 3 is 2.07 bits per heavy atom. The molecule has 0 unspecified atom stereocenters. The van der Waals surface area contributed by atoms with Gasteiger partial charge in [-0.1, -0.05) is 6.07 Å². The number of phenols is 1. The number of rotatable bonds is 3. The van der Waals surface area contributed by atoms with Crippen molar-refractivity contribution >= 4 is 11.8 Å². The van der Waals surface area contributed by atoms with Gasteiger partial charge in [-0.25, -0.2) is 0 Å². The molecule has 1 saturated heterocycles. The van der Waals surface area contributed by atoms with Gasteiger partial charge in [0.25, 0.3) is 5.91 Å². The molecule has 28 heavy (non-hydrogen) atoms. The maximum Gasteiger partial charge on any atom is 0.254 e. The second-order valence-electron chi connectivity index (χ2n) is 9.82. The highest BCUT2D eigenvalue weighted by Gasteiger charge is 2.51. The molecule has 1 aromatic carbocycles. The van der Waals surface area contributed by atoms with Gasteiger partial charge < -0.3 is 14.9 Å². The van der Waals surface area contributed by atoms with Gasteiger partial charge in [0.15, 0.2) is 0 Å². The number of nitrogens with zero attached hydrogens (tertiary/aromatic N) is 2. The van der Waals surface area contributed by atoms with E-state index < -0.39 is 0 Å². The lowest BCUT2D eigenvalue weighted by Gasteiger charge is -2.57. The van der Waals surface area contributed by atoms with Crippen LogP contribution in [0, 0.1) is 23.2 Å². The van der Waals surface area contributed by atoms with Crippen LogP contribution in [0.4, 0.5) is 0 Å². The van der Waals surface area contributed by atoms with E-state index in [1.807, 2.05) is 4.90 Å². The number of carbonyl (C=O) groups excluding carboxylic acids is 2. The quantitative estimate of drug-likeness (QED) is 0.873. The minimum atomic E-state index is -0.0657. The fourth-order valence-electron chi connectivity index (χ4n) is 6.92. The van der Waals surface area contributed by atoms with Gasteiger partial charge >= 0.3 is 0 Å². The third-order valence-corrected chi connectivity index (χ3v) is 7.70. The molecule has 1 aromatic rings. The maximum absolute atomic E-state index is 13.1. The minimum absolute atomic E-state index is 0.0657. The van der Waals surface area contributed by atoms with Gasteiger partial charge in [0, 0.05) is 38.2 Å². The van der Waals surface area contributed by atoms with Crippen molar-refractivity contribution in [2.75, 3.05) is 26.2 Å². The number of piperazine rings is 1. The summed E-state index contributed by atoms with van der Waals surface area (Å²) < 4.78 is 0. The summed E-state index contributed by atoms with van der Waals surface area (Å²) in [7, 11) is 0. The van der Waals surface area contributed by atoms with Crippen molar-refractivity contribution in [3.05, 3.63) is 29.8 Å². The molecule has 5 aliphatic rings. The number of carbonyl (C=O) groups is 2. The van der Waals surface area contributed by atoms with Crippen molar-refractivity contribution in [1.29, 1.82) is 0 Å². The van der Waals surface area contributed by atoms with Crippen LogP contribution in [0.3, 0.4) is 0 Å². The third kappa shape index (κ3) is 3.29. The van der Waals surface area contributed by atoms with Crippen LogP contribution in [0.1, 0.15) is 55.3 Å². The molecule has 4 saturated carbocycles. The Bertz CT molecular complexity index is 747. The van der Waals surface area contributed by atoms with Crippen LogP contribution in [0.2, 0.25) is 0 Å². The standard InChI is InChI=1S/C23H30N2O3/c26-20-3-1-2-19(11-20)22(28)25-6-4-24(5-7-25)21(27)15-23-12-16-8-17(13-23)10-18(9-16)14-23/h1-3,11,16-18,26H,4-10,12-15H2. The number of hydrogen-bond donors (Lipinski definition) is 1. The molecule has 2 amide bonds. The van der Waals surface area contributed by atoms with Gasteiger partial charge in [-0.15, -0.1) is 0 Å². The lowest BCUT2D eigenvalue weighted by Crippen LogP contribution is -2.53. The lowest BCUT2D eigenvalue weighted by atomic mass is 9.49. The molecule has 5 heteroatoms. The molecule has 1 aliphatic heterocycles. The summed E-state index contributed by atoms with van der Waals surface area (Å²) in [4.78, 5) is 29.5. The highest BCUT2D eigenvalue weighted by molar-refractivity contribution is 5.94. The SMILES string of the molecule is O=C(CC12CC3CC(CC(C3)C1)C2)N1CCN(C(=O)c2cccc(O)c2)CC1. The molecule has 1 heterocycles. The monoisotopic (exact) mass is 382 g/mol. The highest BCUT2D eigenvalue weighted by Crippen LogP contribution is 2.61. The molecule has 6 rings (SSSR count). The fraction of sp³-hybridized carbons (Fsp3) is 0.652. The van der Waals surface area contributed by atoms with Gasteiger partial charge in [0.2, 0.25) is 5.91 Å². The van der Waals surface area contributed by atoms with Crippen molar-refractivity contribution < 1.29 is 14.7 Å². The van der Waals surface area contributed by atoms with Crippen LogP contribution in [-0.2, 0) is 4.79 Å². The Labute approximate surface area is 166 Å². The number of benzene rings is 1. The largest absolute Gasteiger partial charge is 0.508 e. The number of hydrogen-bond acceptors (Lipinski definition) is 3. The van der Waals surface area contributed by atoms with Crippen LogP contribution in [0.25, 0.3) is 0 Å². The van der Waals surface area contributed by atoms with Crippen LogP contribution >= 0.6 is 0 Å². The summed E-state index contributed by atoms with van der Waals surface area (Å²) in [6, 6.07) is 6.49. The van der Waals surface area contributed by atoms with E-state index in [0.29, 0.717) is 37.6 Å². The molecule has 4 aliphatic carbocycles. The number of amides is 2. The van der Waals surface area contributed by atoms with Crippen LogP contribution in [-0.4, -0.2) is 52.9 Å². The Hall–Kier alpha value is -2.04. The van der Waals surface area contributed by atoms with Crippen molar-refractivity contribution in [2.24, 2.45) is 23.2 Å². The summed E-state index contributed by atoms with van der Waals surface area (Å²) in [5.74, 6) is 2.95. The van der Waals surface area contributed by atoms with Crippen molar-refractivity contribution in [2.45, 2.75) is 44.9 Å². The molecule has 0 aromatic heterocycles. The van der Waals surface area contributed by atoms with E-state index in [1.54, 1.807) is 23.1 Å². The first-order valence-electron chi connectivity index (χ1n) is 10.9. The predicted octanol–water partition coefficient (Wildman–Crippen LogP) is 3.28. The summed E-state index contributed by atoms with van der Waals surface area (Å²) in [6.07, 6.45) is 8.73. The van der Waals surface area contributed by atoms with E-state index in [9.17, 15) is 14.7 Å². The van der Waals surface area contributed by atoms with E-state index in [0.717, 1.165) is 24.2 Å². The van der Waals surface area contributed by atoms with Crippen molar-refractivity contribution in [3.63, 3.8) is 0 Å². The molecule has 1 N–H and O–H groups in total. The van der Waals surface area contributed by atoms with Crippen molar-refractivity contribution in [3.8, 4) is 5.75 Å². The van der Waals surface area contributed by atoms with E-state index in [1.165, 1.54) is 44.6 Å². The van der Waals surface area contributed by atoms with Crippen LogP contribution < -0.4 is 0 Å². The van der Waals surface area contributed by atoms with Gasteiger partial charge in [0.05, 0.1) is 0 Å². The molecule has 4 bridgehead atoms. The third-order valence-electron chi connectivity index (χ3n) is 7.70. The average Bonchev–Trinajstić information content (AvgIpc) is 2.66. The number of aromatic hydroxyl groups is 1. The first-order chi connectivity index (χ1) is 13.5. The Morgan fingerprint density at radius 2 is 1.50 bits per heavy atom. The fourth-order valence-corrected chi connectivity index (χ4v) is 6.92. The van der Waals surface area contributed by atoms with Crippen molar-refractivity contribution in [1.82, 2.24) is 9.80 Å². The van der Waals surface area contributed by atoms with Crippen LogP contribution in [0.15, 0.2) is 24.3 Å². The second-order valence-corrected chi connectivity index (χ2v) is 9.82. The molecule has 5 fully saturated rings. The Kier molecular flexibility index (Phi) is 4.37. The lowest BCUT2D eigenvalue weighted by molar-refractivity contribution is -0.141. The maximum atomic E-state index is 13.1. The topological polar surface area (TPSA) is 60.9 Å². The molecule has 0 radical (unpaired) electrons. The number of phenolic OH excluding ortho intramolecular Hbond substituents is 1. The summed E-state index contributed by atoms with van der Waals surface area (Å²) in [5.41, 5.74) is 0.786. The smallest absolute Gasteiger partial charge is 0.254 e. The van der Waals surface area contributed by atoms with E-state index in [2.05, 4.69) is 0 Å². The van der Waals surface area contributed by atoms with E-state index in [4.69, 9.17) is 0 Å². The molecule has 0 atom stereocenters. The first-order valence-corrected chi connectivity index (χ1v) is 10.9. The van der Waals surface area contributed by atoms with E-state index in [-0.39, 0.29) is 17.1 Å². The zero-order chi connectivity index (χ0) is 19.3. The molecular weight excluding hydrogens is 352 g/mol. The molecule has 0 spiro atoms. The predicted molar refractivity (Wildman–Crippen MR) is 106 cm³/mol. The zero-order valence-corrected chi connectivity index (χ0v) is 16.5. The van der Waals surface area contributed by atoms with Crippen LogP contribution in [0.5, 0.6) is 5.75 Å². The molecule has 150 valence electrons. The highest BCUT2D eigenvalue weighted by atomic mass is 16.3. The van der Waals surface area contributed by atoms with Gasteiger partial charge in [-0.05, 0) is 79.9 Å². The summed E-state index contributed by atoms with van der Waals surface area (Å²) >= 11 is 0. The summed E-state index contributed by atoms with van der Waals surface area (Å²) in [6.45, 7) is 2.38. The second kappa shape index (κ2) is 6.78. The molecule has 5 nitrogen and oxygen atoms in total. The minimum Gasteiger partial charge on any atom is -0.508 e. The first kappa shape index (κ1) is 18.0. The Morgan fingerprint density at radius 1 is 0.929 bits per heavy atom. The van der Waals surface area contributed by atoms with Gasteiger partial charge in [-0.2, -0.15) is 0 Å².